The average Bonchev–Trinajstić information content (AvgIpc) is 2.69. The fourth-order valence-electron chi connectivity index (χ4n) is 3.04. The van der Waals surface area contributed by atoms with E-state index in [-0.39, 0.29) is 24.6 Å². The Morgan fingerprint density at radius 3 is 2.15 bits per heavy atom. The van der Waals surface area contributed by atoms with Crippen LogP contribution in [-0.4, -0.2) is 61.9 Å². The van der Waals surface area contributed by atoms with E-state index in [1.54, 1.807) is 11.0 Å². The molecule has 5 nitrogen and oxygen atoms in total. The van der Waals surface area contributed by atoms with E-state index in [9.17, 15) is 18.4 Å². The fraction of sp³-hybridized carbons (Fsp3) is 0.300. The third-order valence-corrected chi connectivity index (χ3v) is 4.62. The summed E-state index contributed by atoms with van der Waals surface area (Å²) in [6.45, 7) is 1.23. The van der Waals surface area contributed by atoms with Crippen LogP contribution in [0.5, 0.6) is 0 Å². The first-order chi connectivity index (χ1) is 12.9. The number of benzene rings is 2. The van der Waals surface area contributed by atoms with Crippen molar-refractivity contribution in [3.8, 4) is 0 Å². The van der Waals surface area contributed by atoms with Gasteiger partial charge in [-0.05, 0) is 36.4 Å². The second-order valence-electron chi connectivity index (χ2n) is 6.65. The number of nitrogens with zero attached hydrogens (tertiary/aromatic N) is 3. The van der Waals surface area contributed by atoms with Crippen molar-refractivity contribution >= 4 is 17.5 Å². The van der Waals surface area contributed by atoms with E-state index in [2.05, 4.69) is 0 Å². The van der Waals surface area contributed by atoms with Gasteiger partial charge in [0.05, 0.1) is 5.56 Å². The van der Waals surface area contributed by atoms with Gasteiger partial charge in [0.1, 0.15) is 11.6 Å². The Bertz CT molecular complexity index is 862. The van der Waals surface area contributed by atoms with Crippen LogP contribution in [0.25, 0.3) is 0 Å². The summed E-state index contributed by atoms with van der Waals surface area (Å²) in [5.74, 6) is -2.08. The van der Waals surface area contributed by atoms with Crippen LogP contribution in [0.15, 0.2) is 42.5 Å². The minimum absolute atomic E-state index is 0.109. The molecule has 0 bridgehead atoms. The topological polar surface area (TPSA) is 43.9 Å². The molecular formula is C20H21F2N3O2. The highest BCUT2D eigenvalue weighted by molar-refractivity contribution is 5.96. The lowest BCUT2D eigenvalue weighted by atomic mass is 10.1. The quantitative estimate of drug-likeness (QED) is 0.831. The fourth-order valence-corrected chi connectivity index (χ4v) is 3.04. The lowest BCUT2D eigenvalue weighted by Crippen LogP contribution is -2.50. The molecule has 2 aromatic carbocycles. The largest absolute Gasteiger partial charge is 0.378 e. The monoisotopic (exact) mass is 373 g/mol. The maximum Gasteiger partial charge on any atom is 0.257 e. The molecule has 27 heavy (non-hydrogen) atoms. The van der Waals surface area contributed by atoms with Gasteiger partial charge in [0.15, 0.2) is 0 Å². The molecule has 1 saturated heterocycles. The van der Waals surface area contributed by atoms with Crippen LogP contribution in [0.1, 0.15) is 20.7 Å². The van der Waals surface area contributed by atoms with Gasteiger partial charge in [-0.25, -0.2) is 8.78 Å². The molecule has 1 aliphatic heterocycles. The van der Waals surface area contributed by atoms with Gasteiger partial charge in [0, 0.05) is 51.5 Å². The molecule has 7 heteroatoms. The summed E-state index contributed by atoms with van der Waals surface area (Å²) < 4.78 is 27.1. The second-order valence-corrected chi connectivity index (χ2v) is 6.65. The number of amides is 2. The molecule has 1 heterocycles. The Balaban J connectivity index is 1.66. The summed E-state index contributed by atoms with van der Waals surface area (Å²) in [5, 5.41) is 0. The van der Waals surface area contributed by atoms with Crippen molar-refractivity contribution in [2.45, 2.75) is 0 Å². The number of hydrogen-bond donors (Lipinski definition) is 0. The standard InChI is InChI=1S/C20H21F2N3O2/c1-23(2)16-5-3-4-14(12-16)19(26)24-8-10-25(11-9-24)20(27)17-13-15(21)6-7-18(17)22/h3-7,12-13H,8-11H2,1-2H3. The zero-order chi connectivity index (χ0) is 19.6. The first-order valence-corrected chi connectivity index (χ1v) is 8.68. The summed E-state index contributed by atoms with van der Waals surface area (Å²) in [6, 6.07) is 10.2. The van der Waals surface area contributed by atoms with Gasteiger partial charge < -0.3 is 14.7 Å². The maximum absolute atomic E-state index is 13.8. The van der Waals surface area contributed by atoms with E-state index in [1.807, 2.05) is 37.2 Å². The predicted octanol–water partition coefficient (Wildman–Crippen LogP) is 2.63. The van der Waals surface area contributed by atoms with E-state index < -0.39 is 17.5 Å². The zero-order valence-electron chi connectivity index (χ0n) is 15.3. The van der Waals surface area contributed by atoms with Gasteiger partial charge in [-0.3, -0.25) is 9.59 Å². The van der Waals surface area contributed by atoms with E-state index >= 15 is 0 Å². The van der Waals surface area contributed by atoms with Crippen molar-refractivity contribution in [3.05, 3.63) is 65.2 Å². The van der Waals surface area contributed by atoms with Crippen LogP contribution >= 0.6 is 0 Å². The van der Waals surface area contributed by atoms with Crippen LogP contribution in [0.2, 0.25) is 0 Å². The SMILES string of the molecule is CN(C)c1cccc(C(=O)N2CCN(C(=O)c3cc(F)ccc3F)CC2)c1. The normalized spacial score (nSPS) is 14.2. The summed E-state index contributed by atoms with van der Waals surface area (Å²) in [6.07, 6.45) is 0. The number of hydrogen-bond acceptors (Lipinski definition) is 3. The van der Waals surface area contributed by atoms with Gasteiger partial charge in [0.25, 0.3) is 11.8 Å². The predicted molar refractivity (Wildman–Crippen MR) is 98.9 cm³/mol. The van der Waals surface area contributed by atoms with E-state index in [0.717, 1.165) is 23.9 Å². The molecule has 2 amide bonds. The molecule has 1 fully saturated rings. The molecular weight excluding hydrogens is 352 g/mol. The van der Waals surface area contributed by atoms with Crippen molar-refractivity contribution in [1.29, 1.82) is 0 Å². The molecule has 0 spiro atoms. The number of carbonyl (C=O) groups excluding carboxylic acids is 2. The highest BCUT2D eigenvalue weighted by Crippen LogP contribution is 2.18. The molecule has 1 aliphatic rings. The smallest absolute Gasteiger partial charge is 0.257 e. The molecule has 2 aromatic rings. The second kappa shape index (κ2) is 7.73. The van der Waals surface area contributed by atoms with E-state index in [4.69, 9.17) is 0 Å². The van der Waals surface area contributed by atoms with Crippen molar-refractivity contribution in [3.63, 3.8) is 0 Å². The van der Waals surface area contributed by atoms with E-state index in [1.165, 1.54) is 4.90 Å². The molecule has 0 aliphatic carbocycles. The Morgan fingerprint density at radius 2 is 1.52 bits per heavy atom. The van der Waals surface area contributed by atoms with Gasteiger partial charge in [0.2, 0.25) is 0 Å². The van der Waals surface area contributed by atoms with Gasteiger partial charge >= 0.3 is 0 Å². The van der Waals surface area contributed by atoms with Crippen molar-refractivity contribution in [2.24, 2.45) is 0 Å². The third kappa shape index (κ3) is 4.07. The number of halogens is 2. The Kier molecular flexibility index (Phi) is 5.39. The number of piperazine rings is 1. The molecule has 0 atom stereocenters. The minimum atomic E-state index is -0.750. The Labute approximate surface area is 156 Å². The molecule has 142 valence electrons. The third-order valence-electron chi connectivity index (χ3n) is 4.62. The molecule has 0 unspecified atom stereocenters. The molecule has 0 saturated carbocycles. The summed E-state index contributed by atoms with van der Waals surface area (Å²) in [4.78, 5) is 30.2. The molecule has 0 N–H and O–H groups in total. The summed E-state index contributed by atoms with van der Waals surface area (Å²) in [5.41, 5.74) is 1.22. The number of carbonyl (C=O) groups is 2. The summed E-state index contributed by atoms with van der Waals surface area (Å²) in [7, 11) is 3.80. The average molecular weight is 373 g/mol. The first kappa shape index (κ1) is 18.8. The van der Waals surface area contributed by atoms with Crippen LogP contribution in [0.3, 0.4) is 0 Å². The lowest BCUT2D eigenvalue weighted by Gasteiger charge is -2.35. The lowest BCUT2D eigenvalue weighted by molar-refractivity contribution is 0.0532. The van der Waals surface area contributed by atoms with Gasteiger partial charge in [-0.15, -0.1) is 0 Å². The minimum Gasteiger partial charge on any atom is -0.378 e. The Hall–Kier alpha value is -2.96. The molecule has 3 rings (SSSR count). The first-order valence-electron chi connectivity index (χ1n) is 8.68. The van der Waals surface area contributed by atoms with Gasteiger partial charge in [-0.2, -0.15) is 0 Å². The number of rotatable bonds is 3. The van der Waals surface area contributed by atoms with Crippen LogP contribution in [0.4, 0.5) is 14.5 Å². The van der Waals surface area contributed by atoms with Crippen molar-refractivity contribution in [1.82, 2.24) is 9.80 Å². The molecule has 0 radical (unpaired) electrons. The molecule has 0 aromatic heterocycles. The van der Waals surface area contributed by atoms with Crippen LogP contribution in [0, 0.1) is 11.6 Å². The highest BCUT2D eigenvalue weighted by Gasteiger charge is 2.27. The van der Waals surface area contributed by atoms with Crippen LogP contribution < -0.4 is 4.90 Å². The number of anilines is 1. The van der Waals surface area contributed by atoms with Gasteiger partial charge in [-0.1, -0.05) is 6.07 Å². The van der Waals surface area contributed by atoms with Crippen LogP contribution in [-0.2, 0) is 0 Å². The van der Waals surface area contributed by atoms with Crippen molar-refractivity contribution in [2.75, 3.05) is 45.2 Å². The summed E-state index contributed by atoms with van der Waals surface area (Å²) >= 11 is 0. The van der Waals surface area contributed by atoms with Crippen molar-refractivity contribution < 1.29 is 18.4 Å². The Morgan fingerprint density at radius 1 is 0.889 bits per heavy atom. The highest BCUT2D eigenvalue weighted by atomic mass is 19.1. The maximum atomic E-state index is 13.8. The van der Waals surface area contributed by atoms with E-state index in [0.29, 0.717) is 18.7 Å². The zero-order valence-corrected chi connectivity index (χ0v) is 15.3.